The third-order valence-corrected chi connectivity index (χ3v) is 4.40. The largest absolute Gasteiger partial charge is 0.508 e. The van der Waals surface area contributed by atoms with Crippen LogP contribution in [0.15, 0.2) is 78.9 Å². The molecule has 0 aliphatic carbocycles. The molecule has 3 aromatic carbocycles. The minimum Gasteiger partial charge on any atom is -0.508 e. The number of ether oxygens (including phenoxy) is 1. The van der Waals surface area contributed by atoms with E-state index in [4.69, 9.17) is 4.74 Å². The minimum atomic E-state index is -0.681. The number of anilines is 1. The summed E-state index contributed by atoms with van der Waals surface area (Å²) in [6, 6.07) is 22.0. The molecular formula is C23H21NO4. The van der Waals surface area contributed by atoms with E-state index in [1.807, 2.05) is 18.2 Å². The van der Waals surface area contributed by atoms with Gasteiger partial charge in [-0.1, -0.05) is 54.6 Å². The van der Waals surface area contributed by atoms with Gasteiger partial charge in [-0.3, -0.25) is 4.79 Å². The first kappa shape index (κ1) is 19.2. The van der Waals surface area contributed by atoms with Gasteiger partial charge in [0.05, 0.1) is 7.11 Å². The van der Waals surface area contributed by atoms with E-state index in [2.05, 4.69) is 5.32 Å². The third-order valence-electron chi connectivity index (χ3n) is 4.40. The molecule has 142 valence electrons. The van der Waals surface area contributed by atoms with Crippen molar-refractivity contribution < 1.29 is 19.4 Å². The number of nitrogens with one attached hydrogen (secondary N) is 1. The van der Waals surface area contributed by atoms with Gasteiger partial charge < -0.3 is 15.2 Å². The normalized spacial score (nSPS) is 11.5. The Labute approximate surface area is 163 Å². The van der Waals surface area contributed by atoms with Gasteiger partial charge in [-0.15, -0.1) is 0 Å². The number of ketones is 1. The number of hydrogen-bond donors (Lipinski definition) is 2. The number of benzene rings is 3. The smallest absolute Gasteiger partial charge is 0.328 e. The van der Waals surface area contributed by atoms with Crippen LogP contribution < -0.4 is 5.32 Å². The Morgan fingerprint density at radius 3 is 2.25 bits per heavy atom. The lowest BCUT2D eigenvalue weighted by molar-refractivity contribution is -0.141. The molecule has 5 nitrogen and oxygen atoms in total. The highest BCUT2D eigenvalue weighted by atomic mass is 16.5. The predicted molar refractivity (Wildman–Crippen MR) is 108 cm³/mol. The summed E-state index contributed by atoms with van der Waals surface area (Å²) in [6.45, 7) is 0. The number of carbonyl (C=O) groups excluding carboxylic acids is 2. The van der Waals surface area contributed by atoms with Crippen LogP contribution >= 0.6 is 0 Å². The van der Waals surface area contributed by atoms with E-state index in [1.54, 1.807) is 60.7 Å². The monoisotopic (exact) mass is 375 g/mol. The van der Waals surface area contributed by atoms with Gasteiger partial charge in [-0.25, -0.2) is 4.79 Å². The molecule has 0 saturated heterocycles. The number of rotatable bonds is 7. The van der Waals surface area contributed by atoms with Crippen LogP contribution in [0.1, 0.15) is 21.5 Å². The lowest BCUT2D eigenvalue weighted by Gasteiger charge is -2.20. The molecule has 0 spiro atoms. The van der Waals surface area contributed by atoms with Crippen LogP contribution in [0.25, 0.3) is 0 Å². The van der Waals surface area contributed by atoms with Crippen LogP contribution in [0.5, 0.6) is 5.75 Å². The summed E-state index contributed by atoms with van der Waals surface area (Å²) in [6.07, 6.45) is 0.348. The highest BCUT2D eigenvalue weighted by Gasteiger charge is 2.22. The van der Waals surface area contributed by atoms with E-state index >= 15 is 0 Å². The fourth-order valence-corrected chi connectivity index (χ4v) is 2.94. The second kappa shape index (κ2) is 8.86. The van der Waals surface area contributed by atoms with Gasteiger partial charge in [-0.05, 0) is 29.8 Å². The first-order chi connectivity index (χ1) is 13.6. The number of methoxy groups -OCH3 is 1. The Morgan fingerprint density at radius 2 is 1.57 bits per heavy atom. The molecule has 2 N–H and O–H groups in total. The average molecular weight is 375 g/mol. The molecule has 0 radical (unpaired) electrons. The fourth-order valence-electron chi connectivity index (χ4n) is 2.94. The van der Waals surface area contributed by atoms with E-state index < -0.39 is 12.0 Å². The van der Waals surface area contributed by atoms with Crippen molar-refractivity contribution in [3.8, 4) is 5.75 Å². The summed E-state index contributed by atoms with van der Waals surface area (Å²) >= 11 is 0. The van der Waals surface area contributed by atoms with Crippen molar-refractivity contribution >= 4 is 17.4 Å². The number of phenols is 1. The Hall–Kier alpha value is -3.60. The summed E-state index contributed by atoms with van der Waals surface area (Å²) in [5.41, 5.74) is 2.47. The van der Waals surface area contributed by atoms with Crippen molar-refractivity contribution in [3.05, 3.63) is 95.6 Å². The molecule has 0 amide bonds. The molecule has 0 aliphatic rings. The van der Waals surface area contributed by atoms with E-state index in [0.29, 0.717) is 23.2 Å². The van der Waals surface area contributed by atoms with Crippen LogP contribution in [0.2, 0.25) is 0 Å². The SMILES string of the molecule is COC(=O)[C@@H](Cc1ccc(O)cc1)Nc1ccccc1C(=O)c1ccccc1. The Bertz CT molecular complexity index is 952. The number of phenolic OH excluding ortho intramolecular Hbond substituents is 1. The minimum absolute atomic E-state index is 0.128. The zero-order valence-corrected chi connectivity index (χ0v) is 15.5. The number of aromatic hydroxyl groups is 1. The zero-order valence-electron chi connectivity index (χ0n) is 15.5. The van der Waals surface area contributed by atoms with Gasteiger partial charge in [0, 0.05) is 23.2 Å². The van der Waals surface area contributed by atoms with Crippen molar-refractivity contribution in [2.75, 3.05) is 12.4 Å². The summed E-state index contributed by atoms with van der Waals surface area (Å²) in [5, 5.41) is 12.6. The van der Waals surface area contributed by atoms with Gasteiger partial charge >= 0.3 is 5.97 Å². The highest BCUT2D eigenvalue weighted by Crippen LogP contribution is 2.22. The summed E-state index contributed by atoms with van der Waals surface area (Å²) in [4.78, 5) is 25.2. The van der Waals surface area contributed by atoms with E-state index in [9.17, 15) is 14.7 Å². The maximum Gasteiger partial charge on any atom is 0.328 e. The van der Waals surface area contributed by atoms with Gasteiger partial charge in [0.1, 0.15) is 11.8 Å². The molecule has 0 unspecified atom stereocenters. The fraction of sp³-hybridized carbons (Fsp3) is 0.130. The molecule has 1 atom stereocenters. The van der Waals surface area contributed by atoms with Gasteiger partial charge in [0.25, 0.3) is 0 Å². The van der Waals surface area contributed by atoms with Crippen molar-refractivity contribution in [2.24, 2.45) is 0 Å². The predicted octanol–water partition coefficient (Wildman–Crippen LogP) is 3.82. The second-order valence-electron chi connectivity index (χ2n) is 6.33. The number of hydrogen-bond acceptors (Lipinski definition) is 5. The van der Waals surface area contributed by atoms with E-state index in [0.717, 1.165) is 5.56 Å². The van der Waals surface area contributed by atoms with Gasteiger partial charge in [0.2, 0.25) is 0 Å². The molecule has 0 fully saturated rings. The number of para-hydroxylation sites is 1. The topological polar surface area (TPSA) is 75.6 Å². The maximum atomic E-state index is 12.9. The zero-order chi connectivity index (χ0) is 19.9. The molecule has 28 heavy (non-hydrogen) atoms. The highest BCUT2D eigenvalue weighted by molar-refractivity contribution is 6.12. The molecule has 0 aromatic heterocycles. The molecule has 0 heterocycles. The second-order valence-corrected chi connectivity index (χ2v) is 6.33. The van der Waals surface area contributed by atoms with Crippen molar-refractivity contribution in [1.29, 1.82) is 0 Å². The molecule has 0 bridgehead atoms. The lowest BCUT2D eigenvalue weighted by atomic mass is 10.00. The molecule has 0 saturated carbocycles. The molecule has 3 aromatic rings. The first-order valence-electron chi connectivity index (χ1n) is 8.89. The summed E-state index contributed by atoms with van der Waals surface area (Å²) < 4.78 is 4.93. The summed E-state index contributed by atoms with van der Waals surface area (Å²) in [5.74, 6) is -0.405. The van der Waals surface area contributed by atoms with Crippen molar-refractivity contribution in [1.82, 2.24) is 0 Å². The maximum absolute atomic E-state index is 12.9. The first-order valence-corrected chi connectivity index (χ1v) is 8.89. The quantitative estimate of drug-likeness (QED) is 0.485. The van der Waals surface area contributed by atoms with Gasteiger partial charge in [0.15, 0.2) is 5.78 Å². The Kier molecular flexibility index (Phi) is 6.07. The number of carbonyl (C=O) groups is 2. The standard InChI is InChI=1S/C23H21NO4/c1-28-23(27)21(15-16-11-13-18(25)14-12-16)24-20-10-6-5-9-19(20)22(26)17-7-3-2-4-8-17/h2-14,21,24-25H,15H2,1H3/t21-/m1/s1. The van der Waals surface area contributed by atoms with Crippen LogP contribution in [0.4, 0.5) is 5.69 Å². The van der Waals surface area contributed by atoms with E-state index in [-0.39, 0.29) is 11.5 Å². The Morgan fingerprint density at radius 1 is 0.929 bits per heavy atom. The van der Waals surface area contributed by atoms with Crippen LogP contribution in [0, 0.1) is 0 Å². The van der Waals surface area contributed by atoms with Crippen LogP contribution in [-0.2, 0) is 16.0 Å². The average Bonchev–Trinajstić information content (AvgIpc) is 2.74. The van der Waals surface area contributed by atoms with E-state index in [1.165, 1.54) is 7.11 Å². The Balaban J connectivity index is 1.88. The van der Waals surface area contributed by atoms with Crippen LogP contribution in [-0.4, -0.2) is 30.0 Å². The molecule has 5 heteroatoms. The van der Waals surface area contributed by atoms with Crippen molar-refractivity contribution in [3.63, 3.8) is 0 Å². The third kappa shape index (κ3) is 4.57. The molecular weight excluding hydrogens is 354 g/mol. The number of esters is 1. The molecule has 0 aliphatic heterocycles. The molecule has 3 rings (SSSR count). The van der Waals surface area contributed by atoms with Gasteiger partial charge in [-0.2, -0.15) is 0 Å². The lowest BCUT2D eigenvalue weighted by Crippen LogP contribution is -2.33. The van der Waals surface area contributed by atoms with Crippen LogP contribution in [0.3, 0.4) is 0 Å². The van der Waals surface area contributed by atoms with Crippen molar-refractivity contribution in [2.45, 2.75) is 12.5 Å². The summed E-state index contributed by atoms with van der Waals surface area (Å²) in [7, 11) is 1.33.